The van der Waals surface area contributed by atoms with Crippen LogP contribution >= 0.6 is 0 Å². The Morgan fingerprint density at radius 1 is 1.39 bits per heavy atom. The van der Waals surface area contributed by atoms with Crippen molar-refractivity contribution in [3.8, 4) is 0 Å². The van der Waals surface area contributed by atoms with Crippen LogP contribution in [0.3, 0.4) is 0 Å². The van der Waals surface area contributed by atoms with Crippen molar-refractivity contribution in [1.29, 1.82) is 0 Å². The fourth-order valence-electron chi connectivity index (χ4n) is 2.72. The monoisotopic (exact) mass is 250 g/mol. The van der Waals surface area contributed by atoms with E-state index < -0.39 is 0 Å². The van der Waals surface area contributed by atoms with Crippen molar-refractivity contribution in [1.82, 2.24) is 19.6 Å². The molecular weight excluding hydrogens is 224 g/mol. The van der Waals surface area contributed by atoms with Gasteiger partial charge in [-0.25, -0.2) is 0 Å². The summed E-state index contributed by atoms with van der Waals surface area (Å²) in [5, 5.41) is 4.36. The molecule has 1 atom stereocenters. The zero-order chi connectivity index (χ0) is 13.1. The lowest BCUT2D eigenvalue weighted by Crippen LogP contribution is -2.53. The molecule has 0 spiro atoms. The summed E-state index contributed by atoms with van der Waals surface area (Å²) in [7, 11) is 2.22. The summed E-state index contributed by atoms with van der Waals surface area (Å²) < 4.78 is 2.01. The number of aryl methyl sites for hydroxylation is 1. The average molecular weight is 250 g/mol. The van der Waals surface area contributed by atoms with E-state index in [2.05, 4.69) is 48.9 Å². The highest BCUT2D eigenvalue weighted by Gasteiger charge is 2.27. The molecule has 1 aromatic heterocycles. The van der Waals surface area contributed by atoms with Crippen LogP contribution in [0, 0.1) is 5.92 Å². The predicted octanol–water partition coefficient (Wildman–Crippen LogP) is 1.67. The van der Waals surface area contributed by atoms with Gasteiger partial charge in [0.25, 0.3) is 0 Å². The van der Waals surface area contributed by atoms with Gasteiger partial charge in [-0.2, -0.15) is 5.10 Å². The second-order valence-electron chi connectivity index (χ2n) is 5.75. The summed E-state index contributed by atoms with van der Waals surface area (Å²) in [6.07, 6.45) is 4.19. The third kappa shape index (κ3) is 3.12. The summed E-state index contributed by atoms with van der Waals surface area (Å²) in [6.45, 7) is 12.3. The zero-order valence-electron chi connectivity index (χ0n) is 12.1. The van der Waals surface area contributed by atoms with Crippen LogP contribution in [-0.4, -0.2) is 52.3 Å². The highest BCUT2D eigenvalue weighted by molar-refractivity contribution is 5.04. The number of aromatic nitrogens is 2. The van der Waals surface area contributed by atoms with Gasteiger partial charge in [-0.3, -0.25) is 9.58 Å². The van der Waals surface area contributed by atoms with Gasteiger partial charge in [0, 0.05) is 50.5 Å². The van der Waals surface area contributed by atoms with Gasteiger partial charge in [0.15, 0.2) is 0 Å². The summed E-state index contributed by atoms with van der Waals surface area (Å²) in [4.78, 5) is 5.05. The van der Waals surface area contributed by atoms with E-state index in [1.54, 1.807) is 0 Å². The van der Waals surface area contributed by atoms with Crippen molar-refractivity contribution >= 4 is 0 Å². The van der Waals surface area contributed by atoms with Gasteiger partial charge in [-0.05, 0) is 19.9 Å². The molecule has 0 amide bonds. The number of likely N-dealkylation sites (N-methyl/N-ethyl adjacent to an activating group) is 1. The summed E-state index contributed by atoms with van der Waals surface area (Å²) in [5.41, 5.74) is 1.34. The predicted molar refractivity (Wildman–Crippen MR) is 74.4 cm³/mol. The number of piperazine rings is 1. The lowest BCUT2D eigenvalue weighted by Gasteiger charge is -2.42. The van der Waals surface area contributed by atoms with Crippen LogP contribution in [0.25, 0.3) is 0 Å². The maximum absolute atomic E-state index is 4.36. The van der Waals surface area contributed by atoms with Crippen molar-refractivity contribution in [2.75, 3.05) is 26.7 Å². The molecular formula is C14H26N4. The first-order valence-electron chi connectivity index (χ1n) is 7.04. The van der Waals surface area contributed by atoms with E-state index >= 15 is 0 Å². The fraction of sp³-hybridized carbons (Fsp3) is 0.786. The smallest absolute Gasteiger partial charge is 0.0534 e. The zero-order valence-corrected chi connectivity index (χ0v) is 12.1. The van der Waals surface area contributed by atoms with Gasteiger partial charge in [0.2, 0.25) is 0 Å². The molecule has 1 unspecified atom stereocenters. The van der Waals surface area contributed by atoms with Crippen molar-refractivity contribution in [2.24, 2.45) is 5.92 Å². The van der Waals surface area contributed by atoms with Crippen molar-refractivity contribution < 1.29 is 0 Å². The lowest BCUT2D eigenvalue weighted by molar-refractivity contribution is 0.0571. The Labute approximate surface area is 111 Å². The number of nitrogens with zero attached hydrogens (tertiary/aromatic N) is 4. The molecule has 2 rings (SSSR count). The van der Waals surface area contributed by atoms with E-state index in [9.17, 15) is 0 Å². The quantitative estimate of drug-likeness (QED) is 0.812. The van der Waals surface area contributed by atoms with Crippen LogP contribution in [0.1, 0.15) is 26.3 Å². The maximum atomic E-state index is 4.36. The third-order valence-electron chi connectivity index (χ3n) is 3.90. The van der Waals surface area contributed by atoms with Crippen molar-refractivity contribution in [3.05, 3.63) is 18.0 Å². The first kappa shape index (κ1) is 13.6. The molecule has 102 valence electrons. The third-order valence-corrected chi connectivity index (χ3v) is 3.90. The van der Waals surface area contributed by atoms with E-state index in [1.165, 1.54) is 18.7 Å². The van der Waals surface area contributed by atoms with Crippen molar-refractivity contribution in [2.45, 2.75) is 39.9 Å². The van der Waals surface area contributed by atoms with E-state index in [0.717, 1.165) is 19.6 Å². The van der Waals surface area contributed by atoms with Crippen LogP contribution < -0.4 is 0 Å². The molecule has 2 heterocycles. The van der Waals surface area contributed by atoms with E-state index in [-0.39, 0.29) is 0 Å². The lowest BCUT2D eigenvalue weighted by atomic mass is 9.99. The first-order chi connectivity index (χ1) is 8.60. The SMILES string of the molecule is CCn1cc(CN2CCN(C)CC2C(C)C)cn1. The molecule has 0 aliphatic carbocycles. The fourth-order valence-corrected chi connectivity index (χ4v) is 2.72. The van der Waals surface area contributed by atoms with Gasteiger partial charge in [-0.1, -0.05) is 13.8 Å². The average Bonchev–Trinajstić information content (AvgIpc) is 2.79. The minimum atomic E-state index is 0.661. The highest BCUT2D eigenvalue weighted by Crippen LogP contribution is 2.18. The molecule has 1 aromatic rings. The summed E-state index contributed by atoms with van der Waals surface area (Å²) in [5.74, 6) is 0.703. The van der Waals surface area contributed by atoms with Crippen molar-refractivity contribution in [3.63, 3.8) is 0 Å². The molecule has 1 aliphatic rings. The maximum Gasteiger partial charge on any atom is 0.0534 e. The van der Waals surface area contributed by atoms with E-state index in [4.69, 9.17) is 0 Å². The first-order valence-corrected chi connectivity index (χ1v) is 7.04. The van der Waals surface area contributed by atoms with Crippen LogP contribution in [0.5, 0.6) is 0 Å². The molecule has 0 bridgehead atoms. The van der Waals surface area contributed by atoms with Crippen LogP contribution in [0.4, 0.5) is 0 Å². The van der Waals surface area contributed by atoms with E-state index in [1.807, 2.05) is 10.9 Å². The standard InChI is InChI=1S/C14H26N4/c1-5-18-10-13(8-15-18)9-17-7-6-16(4)11-14(17)12(2)3/h8,10,12,14H,5-7,9,11H2,1-4H3. The van der Waals surface area contributed by atoms with E-state index in [0.29, 0.717) is 12.0 Å². The molecule has 1 aliphatic heterocycles. The largest absolute Gasteiger partial charge is 0.304 e. The number of hydrogen-bond acceptors (Lipinski definition) is 3. The molecule has 4 nitrogen and oxygen atoms in total. The van der Waals surface area contributed by atoms with Crippen LogP contribution in [0.2, 0.25) is 0 Å². The second-order valence-corrected chi connectivity index (χ2v) is 5.75. The molecule has 0 N–H and O–H groups in total. The summed E-state index contributed by atoms with van der Waals surface area (Å²) >= 11 is 0. The minimum Gasteiger partial charge on any atom is -0.304 e. The second kappa shape index (κ2) is 5.85. The topological polar surface area (TPSA) is 24.3 Å². The Morgan fingerprint density at radius 3 is 2.78 bits per heavy atom. The molecule has 18 heavy (non-hydrogen) atoms. The minimum absolute atomic E-state index is 0.661. The number of hydrogen-bond donors (Lipinski definition) is 0. The van der Waals surface area contributed by atoms with Gasteiger partial charge >= 0.3 is 0 Å². The normalized spacial score (nSPS) is 22.8. The Kier molecular flexibility index (Phi) is 4.40. The summed E-state index contributed by atoms with van der Waals surface area (Å²) in [6, 6.07) is 0.661. The molecule has 0 radical (unpaired) electrons. The van der Waals surface area contributed by atoms with Gasteiger partial charge in [0.1, 0.15) is 0 Å². The Hall–Kier alpha value is -0.870. The molecule has 1 saturated heterocycles. The Balaban J connectivity index is 2.01. The van der Waals surface area contributed by atoms with Gasteiger partial charge < -0.3 is 4.90 Å². The molecule has 4 heteroatoms. The highest BCUT2D eigenvalue weighted by atomic mass is 15.3. The van der Waals surface area contributed by atoms with Crippen LogP contribution in [-0.2, 0) is 13.1 Å². The van der Waals surface area contributed by atoms with Gasteiger partial charge in [0.05, 0.1) is 6.20 Å². The molecule has 0 aromatic carbocycles. The number of rotatable bonds is 4. The Morgan fingerprint density at radius 2 is 2.17 bits per heavy atom. The Bertz CT molecular complexity index is 372. The van der Waals surface area contributed by atoms with Crippen LogP contribution in [0.15, 0.2) is 12.4 Å². The molecule has 1 fully saturated rings. The van der Waals surface area contributed by atoms with Gasteiger partial charge in [-0.15, -0.1) is 0 Å². The molecule has 0 saturated carbocycles.